The van der Waals surface area contributed by atoms with E-state index < -0.39 is 10.0 Å². The van der Waals surface area contributed by atoms with Crippen molar-refractivity contribution in [3.8, 4) is 0 Å². The first-order chi connectivity index (χ1) is 11.1. The standard InChI is InChI=1S/C15H19N3O3S2/c19-23(20,14-4-2-1-3-5-14)16-10-15-17-13(12-22-15)11-18-6-8-21-9-7-18/h1-5,12,16H,6-11H2. The summed E-state index contributed by atoms with van der Waals surface area (Å²) < 4.78 is 32.3. The molecular formula is C15H19N3O3S2. The molecule has 3 rings (SSSR count). The van der Waals surface area contributed by atoms with Gasteiger partial charge in [-0.25, -0.2) is 18.1 Å². The summed E-state index contributed by atoms with van der Waals surface area (Å²) in [6.07, 6.45) is 0. The Kier molecular flexibility index (Phi) is 5.39. The number of nitrogens with zero attached hydrogens (tertiary/aromatic N) is 2. The van der Waals surface area contributed by atoms with Gasteiger partial charge in [-0.15, -0.1) is 11.3 Å². The Morgan fingerprint density at radius 2 is 1.96 bits per heavy atom. The molecule has 0 amide bonds. The Morgan fingerprint density at radius 1 is 1.22 bits per heavy atom. The maximum Gasteiger partial charge on any atom is 0.240 e. The van der Waals surface area contributed by atoms with E-state index in [4.69, 9.17) is 4.74 Å². The molecule has 0 spiro atoms. The number of sulfonamides is 1. The lowest BCUT2D eigenvalue weighted by Gasteiger charge is -2.25. The number of rotatable bonds is 6. The summed E-state index contributed by atoms with van der Waals surface area (Å²) >= 11 is 1.48. The van der Waals surface area contributed by atoms with Crippen LogP contribution in [-0.2, 0) is 27.8 Å². The van der Waals surface area contributed by atoms with Crippen molar-refractivity contribution in [1.29, 1.82) is 0 Å². The molecule has 0 bridgehead atoms. The molecule has 1 aromatic carbocycles. The molecule has 23 heavy (non-hydrogen) atoms. The lowest BCUT2D eigenvalue weighted by molar-refractivity contribution is 0.0337. The molecule has 1 aliphatic rings. The van der Waals surface area contributed by atoms with Gasteiger partial charge in [-0.2, -0.15) is 0 Å². The highest BCUT2D eigenvalue weighted by atomic mass is 32.2. The first-order valence-electron chi connectivity index (χ1n) is 7.41. The van der Waals surface area contributed by atoms with E-state index in [0.717, 1.165) is 43.5 Å². The number of morpholine rings is 1. The first kappa shape index (κ1) is 16.5. The average molecular weight is 353 g/mol. The van der Waals surface area contributed by atoms with Gasteiger partial charge in [0.15, 0.2) is 0 Å². The van der Waals surface area contributed by atoms with Crippen molar-refractivity contribution in [2.75, 3.05) is 26.3 Å². The third-order valence-corrected chi connectivity index (χ3v) is 5.87. The molecule has 0 atom stereocenters. The van der Waals surface area contributed by atoms with Gasteiger partial charge in [-0.05, 0) is 12.1 Å². The van der Waals surface area contributed by atoms with E-state index >= 15 is 0 Å². The third-order valence-electron chi connectivity index (χ3n) is 3.56. The Balaban J connectivity index is 1.57. The van der Waals surface area contributed by atoms with Gasteiger partial charge in [0.1, 0.15) is 5.01 Å². The van der Waals surface area contributed by atoms with Gasteiger partial charge in [-0.3, -0.25) is 4.90 Å². The Hall–Kier alpha value is -1.32. The van der Waals surface area contributed by atoms with E-state index in [9.17, 15) is 8.42 Å². The smallest absolute Gasteiger partial charge is 0.240 e. The van der Waals surface area contributed by atoms with Gasteiger partial charge < -0.3 is 4.74 Å². The Bertz CT molecular complexity index is 725. The third kappa shape index (κ3) is 4.58. The van der Waals surface area contributed by atoms with E-state index in [-0.39, 0.29) is 11.4 Å². The minimum atomic E-state index is -3.49. The second-order valence-electron chi connectivity index (χ2n) is 5.26. The largest absolute Gasteiger partial charge is 0.379 e. The molecule has 0 radical (unpaired) electrons. The normalized spacial score (nSPS) is 16.5. The minimum Gasteiger partial charge on any atom is -0.379 e. The van der Waals surface area contributed by atoms with Gasteiger partial charge in [0, 0.05) is 25.0 Å². The summed E-state index contributed by atoms with van der Waals surface area (Å²) in [7, 11) is -3.49. The number of nitrogens with one attached hydrogen (secondary N) is 1. The SMILES string of the molecule is O=S(=O)(NCc1nc(CN2CCOCC2)cs1)c1ccccc1. The van der Waals surface area contributed by atoms with Crippen LogP contribution in [0.2, 0.25) is 0 Å². The summed E-state index contributed by atoms with van der Waals surface area (Å²) in [5, 5.41) is 2.76. The fraction of sp³-hybridized carbons (Fsp3) is 0.400. The number of hydrogen-bond donors (Lipinski definition) is 1. The second kappa shape index (κ2) is 7.50. The van der Waals surface area contributed by atoms with Crippen molar-refractivity contribution in [2.24, 2.45) is 0 Å². The summed E-state index contributed by atoms with van der Waals surface area (Å²) in [6, 6.07) is 8.36. The van der Waals surface area contributed by atoms with Crippen LogP contribution < -0.4 is 4.72 Å². The number of aromatic nitrogens is 1. The molecule has 1 fully saturated rings. The van der Waals surface area contributed by atoms with Gasteiger partial charge in [0.25, 0.3) is 0 Å². The highest BCUT2D eigenvalue weighted by Gasteiger charge is 2.15. The van der Waals surface area contributed by atoms with Gasteiger partial charge in [0.2, 0.25) is 10.0 Å². The lowest BCUT2D eigenvalue weighted by Crippen LogP contribution is -2.35. The van der Waals surface area contributed by atoms with Crippen LogP contribution in [0.25, 0.3) is 0 Å². The van der Waals surface area contributed by atoms with E-state index in [0.29, 0.717) is 0 Å². The van der Waals surface area contributed by atoms with Crippen LogP contribution in [0, 0.1) is 0 Å². The first-order valence-corrected chi connectivity index (χ1v) is 9.78. The highest BCUT2D eigenvalue weighted by Crippen LogP contribution is 2.14. The van der Waals surface area contributed by atoms with E-state index in [1.54, 1.807) is 30.3 Å². The maximum atomic E-state index is 12.2. The van der Waals surface area contributed by atoms with Crippen molar-refractivity contribution in [3.05, 3.63) is 46.4 Å². The van der Waals surface area contributed by atoms with E-state index in [1.807, 2.05) is 5.38 Å². The van der Waals surface area contributed by atoms with Crippen LogP contribution in [0.3, 0.4) is 0 Å². The predicted molar refractivity (Wildman–Crippen MR) is 88.7 cm³/mol. The topological polar surface area (TPSA) is 71.5 Å². The lowest BCUT2D eigenvalue weighted by atomic mass is 10.3. The molecular weight excluding hydrogens is 334 g/mol. The molecule has 124 valence electrons. The van der Waals surface area contributed by atoms with Crippen LogP contribution in [0.5, 0.6) is 0 Å². The predicted octanol–water partition coefficient (Wildman–Crippen LogP) is 1.45. The van der Waals surface area contributed by atoms with Crippen molar-refractivity contribution in [1.82, 2.24) is 14.6 Å². The van der Waals surface area contributed by atoms with Crippen LogP contribution in [-0.4, -0.2) is 44.6 Å². The fourth-order valence-electron chi connectivity index (χ4n) is 2.33. The maximum absolute atomic E-state index is 12.2. The zero-order valence-corrected chi connectivity index (χ0v) is 14.3. The van der Waals surface area contributed by atoms with E-state index in [2.05, 4.69) is 14.6 Å². The van der Waals surface area contributed by atoms with Crippen molar-refractivity contribution < 1.29 is 13.2 Å². The molecule has 8 heteroatoms. The number of benzene rings is 1. The molecule has 2 heterocycles. The molecule has 0 aliphatic carbocycles. The molecule has 1 saturated heterocycles. The summed E-state index contributed by atoms with van der Waals surface area (Å²) in [4.78, 5) is 7.07. The monoisotopic (exact) mass is 353 g/mol. The molecule has 1 N–H and O–H groups in total. The van der Waals surface area contributed by atoms with Crippen molar-refractivity contribution in [3.63, 3.8) is 0 Å². The Morgan fingerprint density at radius 3 is 2.70 bits per heavy atom. The Labute approximate surface area is 140 Å². The minimum absolute atomic E-state index is 0.213. The van der Waals surface area contributed by atoms with Gasteiger partial charge in [-0.1, -0.05) is 18.2 Å². The number of hydrogen-bond acceptors (Lipinski definition) is 6. The van der Waals surface area contributed by atoms with Crippen LogP contribution >= 0.6 is 11.3 Å². The van der Waals surface area contributed by atoms with Crippen molar-refractivity contribution in [2.45, 2.75) is 18.0 Å². The van der Waals surface area contributed by atoms with Gasteiger partial charge >= 0.3 is 0 Å². The zero-order valence-electron chi connectivity index (χ0n) is 12.6. The van der Waals surface area contributed by atoms with Crippen LogP contribution in [0.1, 0.15) is 10.7 Å². The quantitative estimate of drug-likeness (QED) is 0.851. The van der Waals surface area contributed by atoms with Gasteiger partial charge in [0.05, 0.1) is 30.3 Å². The van der Waals surface area contributed by atoms with Crippen LogP contribution in [0.4, 0.5) is 0 Å². The molecule has 6 nitrogen and oxygen atoms in total. The van der Waals surface area contributed by atoms with Crippen LogP contribution in [0.15, 0.2) is 40.6 Å². The summed E-state index contributed by atoms with van der Waals surface area (Å²) in [6.45, 7) is 4.33. The molecule has 1 aromatic heterocycles. The fourth-order valence-corrected chi connectivity index (χ4v) is 4.16. The number of thiazole rings is 1. The molecule has 2 aromatic rings. The summed E-state index contributed by atoms with van der Waals surface area (Å²) in [5.41, 5.74) is 0.978. The highest BCUT2D eigenvalue weighted by molar-refractivity contribution is 7.89. The number of ether oxygens (including phenoxy) is 1. The molecule has 1 aliphatic heterocycles. The summed E-state index contributed by atoms with van der Waals surface area (Å²) in [5.74, 6) is 0. The second-order valence-corrected chi connectivity index (χ2v) is 7.97. The average Bonchev–Trinajstić information content (AvgIpc) is 3.02. The van der Waals surface area contributed by atoms with E-state index in [1.165, 1.54) is 11.3 Å². The zero-order chi connectivity index (χ0) is 16.1. The molecule has 0 saturated carbocycles. The van der Waals surface area contributed by atoms with Crippen molar-refractivity contribution >= 4 is 21.4 Å². The molecule has 0 unspecified atom stereocenters.